The largest absolute Gasteiger partial charge is 0.507 e. The van der Waals surface area contributed by atoms with Gasteiger partial charge in [0.25, 0.3) is 17.4 Å². The number of hydrogen-bond acceptors (Lipinski definition) is 5. The smallest absolute Gasteiger partial charge is 0.300 e. The maximum atomic E-state index is 14.8. The van der Waals surface area contributed by atoms with E-state index in [4.69, 9.17) is 23.2 Å². The van der Waals surface area contributed by atoms with E-state index in [0.717, 1.165) is 23.1 Å². The van der Waals surface area contributed by atoms with Gasteiger partial charge < -0.3 is 5.11 Å². The summed E-state index contributed by atoms with van der Waals surface area (Å²) in [7, 11) is 0. The Morgan fingerprint density at radius 2 is 1.67 bits per heavy atom. The molecule has 1 N–H and O–H groups in total. The van der Waals surface area contributed by atoms with Gasteiger partial charge in [-0.05, 0) is 36.4 Å². The summed E-state index contributed by atoms with van der Waals surface area (Å²) in [4.78, 5) is 37.4. The molecular weight excluding hydrogens is 474 g/mol. The number of halogens is 3. The first kappa shape index (κ1) is 22.4. The lowest BCUT2D eigenvalue weighted by Gasteiger charge is -2.26. The van der Waals surface area contributed by atoms with Gasteiger partial charge in [-0.3, -0.25) is 24.6 Å². The predicted octanol–water partition coefficient (Wildman–Crippen LogP) is 5.67. The number of carbonyl (C=O) groups excluding carboxylic acids is 2. The lowest BCUT2D eigenvalue weighted by molar-refractivity contribution is -0.384. The van der Waals surface area contributed by atoms with Crippen LogP contribution < -0.4 is 4.90 Å². The molecule has 1 unspecified atom stereocenters. The second-order valence-corrected chi connectivity index (χ2v) is 7.91. The lowest BCUT2D eigenvalue weighted by Crippen LogP contribution is -2.29. The molecule has 10 heteroatoms. The molecule has 1 aliphatic rings. The van der Waals surface area contributed by atoms with Crippen molar-refractivity contribution in [2.24, 2.45) is 0 Å². The third-order valence-corrected chi connectivity index (χ3v) is 5.92. The van der Waals surface area contributed by atoms with Crippen molar-refractivity contribution < 1.29 is 24.0 Å². The van der Waals surface area contributed by atoms with Crippen LogP contribution in [0.25, 0.3) is 5.76 Å². The molecule has 7 nitrogen and oxygen atoms in total. The van der Waals surface area contributed by atoms with Gasteiger partial charge in [0, 0.05) is 28.9 Å². The fraction of sp³-hybridized carbons (Fsp3) is 0.0435. The number of non-ortho nitro benzene ring substituents is 1. The summed E-state index contributed by atoms with van der Waals surface area (Å²) >= 11 is 12.1. The van der Waals surface area contributed by atoms with E-state index in [1.807, 2.05) is 0 Å². The van der Waals surface area contributed by atoms with Crippen LogP contribution in [0.4, 0.5) is 15.8 Å². The molecule has 4 rings (SSSR count). The van der Waals surface area contributed by atoms with Crippen molar-refractivity contribution in [3.8, 4) is 0 Å². The summed E-state index contributed by atoms with van der Waals surface area (Å²) in [5.74, 6) is -3.36. The minimum Gasteiger partial charge on any atom is -0.507 e. The van der Waals surface area contributed by atoms with Gasteiger partial charge in [-0.25, -0.2) is 4.39 Å². The number of amides is 1. The Morgan fingerprint density at radius 3 is 2.27 bits per heavy atom. The Morgan fingerprint density at radius 1 is 1.00 bits per heavy atom. The van der Waals surface area contributed by atoms with Gasteiger partial charge in [0.15, 0.2) is 0 Å². The van der Waals surface area contributed by atoms with Crippen molar-refractivity contribution in [2.45, 2.75) is 6.04 Å². The zero-order valence-corrected chi connectivity index (χ0v) is 18.0. The molecule has 1 atom stereocenters. The van der Waals surface area contributed by atoms with E-state index in [0.29, 0.717) is 0 Å². The molecule has 0 aliphatic carbocycles. The van der Waals surface area contributed by atoms with Crippen molar-refractivity contribution in [1.82, 2.24) is 0 Å². The number of nitro groups is 1. The maximum absolute atomic E-state index is 14.8. The van der Waals surface area contributed by atoms with Crippen molar-refractivity contribution in [3.63, 3.8) is 0 Å². The van der Waals surface area contributed by atoms with Gasteiger partial charge in [-0.1, -0.05) is 41.4 Å². The van der Waals surface area contributed by atoms with Crippen LogP contribution in [0.3, 0.4) is 0 Å². The first-order valence-electron chi connectivity index (χ1n) is 9.46. The highest BCUT2D eigenvalue weighted by Gasteiger charge is 2.47. The van der Waals surface area contributed by atoms with Crippen LogP contribution in [0.1, 0.15) is 17.2 Å². The molecule has 0 aromatic heterocycles. The average molecular weight is 487 g/mol. The van der Waals surface area contributed by atoms with Crippen LogP contribution in [-0.2, 0) is 9.59 Å². The van der Waals surface area contributed by atoms with Gasteiger partial charge >= 0.3 is 0 Å². The normalized spacial score (nSPS) is 17.4. The maximum Gasteiger partial charge on any atom is 0.300 e. The molecule has 166 valence electrons. The zero-order valence-electron chi connectivity index (χ0n) is 16.5. The highest BCUT2D eigenvalue weighted by Crippen LogP contribution is 2.44. The molecule has 0 radical (unpaired) electrons. The third kappa shape index (κ3) is 3.94. The SMILES string of the molecule is O=C1C(=O)N(c2ccc(Cl)c(Cl)c2)C(c2ccccc2F)/C1=C(\O)c1ccc([N+](=O)[O-])cc1. The Hall–Kier alpha value is -3.75. The van der Waals surface area contributed by atoms with Crippen molar-refractivity contribution in [3.05, 3.63) is 109 Å². The summed E-state index contributed by atoms with van der Waals surface area (Å²) in [5, 5.41) is 22.2. The fourth-order valence-corrected chi connectivity index (χ4v) is 3.91. The highest BCUT2D eigenvalue weighted by molar-refractivity contribution is 6.52. The number of aliphatic hydroxyl groups excluding tert-OH is 1. The molecule has 0 bridgehead atoms. The Balaban J connectivity index is 1.95. The van der Waals surface area contributed by atoms with Gasteiger partial charge in [0.2, 0.25) is 0 Å². The van der Waals surface area contributed by atoms with E-state index in [1.165, 1.54) is 48.5 Å². The average Bonchev–Trinajstić information content (AvgIpc) is 3.06. The highest BCUT2D eigenvalue weighted by atomic mass is 35.5. The van der Waals surface area contributed by atoms with E-state index in [9.17, 15) is 29.2 Å². The van der Waals surface area contributed by atoms with Crippen LogP contribution in [0.15, 0.2) is 72.3 Å². The van der Waals surface area contributed by atoms with E-state index in [-0.39, 0.29) is 38.1 Å². The molecule has 0 saturated carbocycles. The number of nitro benzene ring substituents is 1. The van der Waals surface area contributed by atoms with Gasteiger partial charge in [0.05, 0.1) is 26.6 Å². The quantitative estimate of drug-likeness (QED) is 0.168. The van der Waals surface area contributed by atoms with Crippen LogP contribution in [0, 0.1) is 15.9 Å². The van der Waals surface area contributed by atoms with Gasteiger partial charge in [0.1, 0.15) is 11.6 Å². The summed E-state index contributed by atoms with van der Waals surface area (Å²) in [5.41, 5.74) is -0.415. The molecule has 3 aromatic rings. The lowest BCUT2D eigenvalue weighted by atomic mass is 9.94. The van der Waals surface area contributed by atoms with Gasteiger partial charge in [-0.2, -0.15) is 0 Å². The molecule has 1 aliphatic heterocycles. The van der Waals surface area contributed by atoms with E-state index >= 15 is 0 Å². The first-order chi connectivity index (χ1) is 15.7. The van der Waals surface area contributed by atoms with Crippen LogP contribution >= 0.6 is 23.2 Å². The van der Waals surface area contributed by atoms with E-state index < -0.39 is 34.2 Å². The van der Waals surface area contributed by atoms with Crippen molar-refractivity contribution >= 4 is 52.0 Å². The monoisotopic (exact) mass is 486 g/mol. The zero-order chi connectivity index (χ0) is 23.9. The number of Topliss-reactive ketones (excluding diaryl/α,β-unsaturated/α-hetero) is 1. The number of benzene rings is 3. The predicted molar refractivity (Wildman–Crippen MR) is 121 cm³/mol. The molecule has 0 spiro atoms. The molecule has 33 heavy (non-hydrogen) atoms. The first-order valence-corrected chi connectivity index (χ1v) is 10.2. The molecular formula is C23H13Cl2FN2O5. The number of aliphatic hydroxyl groups is 1. The molecule has 1 amide bonds. The van der Waals surface area contributed by atoms with Crippen LogP contribution in [0.5, 0.6) is 0 Å². The summed E-state index contributed by atoms with van der Waals surface area (Å²) in [6, 6.07) is 13.2. The second kappa shape index (κ2) is 8.65. The Bertz CT molecular complexity index is 1340. The number of carbonyl (C=O) groups is 2. The number of nitrogens with zero attached hydrogens (tertiary/aromatic N) is 2. The van der Waals surface area contributed by atoms with Gasteiger partial charge in [-0.15, -0.1) is 0 Å². The van der Waals surface area contributed by atoms with Crippen LogP contribution in [-0.4, -0.2) is 21.7 Å². The fourth-order valence-electron chi connectivity index (χ4n) is 3.62. The molecule has 3 aromatic carbocycles. The Labute approximate surface area is 196 Å². The Kier molecular flexibility index (Phi) is 5.88. The molecule has 1 heterocycles. The standard InChI is InChI=1S/C23H13Cl2FN2O5/c24-16-10-9-14(11-17(16)25)27-20(15-3-1-2-4-18(15)26)19(22(30)23(27)31)21(29)12-5-7-13(8-6-12)28(32)33/h1-11,20,29H/b21-19+. The minimum atomic E-state index is -1.32. The van der Waals surface area contributed by atoms with Crippen LogP contribution in [0.2, 0.25) is 10.0 Å². The number of anilines is 1. The summed E-state index contributed by atoms with van der Waals surface area (Å²) < 4.78 is 14.8. The topological polar surface area (TPSA) is 101 Å². The summed E-state index contributed by atoms with van der Waals surface area (Å²) in [6.07, 6.45) is 0. The van der Waals surface area contributed by atoms with Crippen molar-refractivity contribution in [2.75, 3.05) is 4.90 Å². The van der Waals surface area contributed by atoms with E-state index in [1.54, 1.807) is 0 Å². The van der Waals surface area contributed by atoms with Crippen molar-refractivity contribution in [1.29, 1.82) is 0 Å². The summed E-state index contributed by atoms with van der Waals surface area (Å²) in [6.45, 7) is 0. The minimum absolute atomic E-state index is 0.0359. The number of hydrogen-bond donors (Lipinski definition) is 1. The van der Waals surface area contributed by atoms with E-state index in [2.05, 4.69) is 0 Å². The number of ketones is 1. The number of rotatable bonds is 4. The second-order valence-electron chi connectivity index (χ2n) is 7.09. The molecule has 1 saturated heterocycles. The molecule has 1 fully saturated rings. The third-order valence-electron chi connectivity index (χ3n) is 5.18.